The van der Waals surface area contributed by atoms with Crippen molar-refractivity contribution in [1.82, 2.24) is 25.2 Å². The van der Waals surface area contributed by atoms with E-state index in [1.165, 1.54) is 0 Å². The van der Waals surface area contributed by atoms with Crippen molar-refractivity contribution in [2.75, 3.05) is 0 Å². The van der Waals surface area contributed by atoms with Crippen molar-refractivity contribution in [3.8, 4) is 11.5 Å². The number of pyridine rings is 1. The molecule has 0 bridgehead atoms. The number of aromatic nitrogens is 5. The lowest BCUT2D eigenvalue weighted by atomic mass is 10.3. The summed E-state index contributed by atoms with van der Waals surface area (Å²) in [7, 11) is 0. The van der Waals surface area contributed by atoms with Crippen molar-refractivity contribution < 1.29 is 0 Å². The molecule has 0 fully saturated rings. The largest absolute Gasteiger partial charge is 0.253 e. The van der Waals surface area contributed by atoms with Crippen LogP contribution in [0.15, 0.2) is 24.4 Å². The van der Waals surface area contributed by atoms with Gasteiger partial charge in [-0.05, 0) is 29.5 Å². The fourth-order valence-corrected chi connectivity index (χ4v) is 1.10. The highest BCUT2D eigenvalue weighted by molar-refractivity contribution is 5.47. The molecular formula is C8H9N5. The molecule has 66 valence electrons. The number of aryl methyl sites for hydroxylation is 1. The second-order valence-electron chi connectivity index (χ2n) is 2.53. The average molecular weight is 175 g/mol. The molecule has 0 aliphatic carbocycles. The Hall–Kier alpha value is -1.78. The van der Waals surface area contributed by atoms with Crippen LogP contribution in [-0.4, -0.2) is 25.2 Å². The first-order valence-electron chi connectivity index (χ1n) is 4.09. The molecule has 2 aromatic rings. The zero-order valence-electron chi connectivity index (χ0n) is 7.25. The molecular weight excluding hydrogens is 166 g/mol. The molecule has 0 unspecified atom stereocenters. The van der Waals surface area contributed by atoms with Crippen molar-refractivity contribution in [2.24, 2.45) is 0 Å². The van der Waals surface area contributed by atoms with Crippen molar-refractivity contribution in [3.63, 3.8) is 0 Å². The molecule has 0 aromatic carbocycles. The lowest BCUT2D eigenvalue weighted by Crippen LogP contribution is -2.00. The van der Waals surface area contributed by atoms with E-state index in [1.54, 1.807) is 10.9 Å². The monoisotopic (exact) mass is 175 g/mol. The standard InChI is InChI=1S/C8H9N5/c1-2-13-8(10-11-12-13)7-5-3-4-6-9-7/h3-6H,2H2,1H3. The van der Waals surface area contributed by atoms with E-state index in [1.807, 2.05) is 25.1 Å². The second-order valence-corrected chi connectivity index (χ2v) is 2.53. The second kappa shape index (κ2) is 3.30. The molecule has 0 radical (unpaired) electrons. The Morgan fingerprint density at radius 1 is 1.38 bits per heavy atom. The molecule has 13 heavy (non-hydrogen) atoms. The summed E-state index contributed by atoms with van der Waals surface area (Å²) in [5.74, 6) is 0.711. The molecule has 0 N–H and O–H groups in total. The van der Waals surface area contributed by atoms with Gasteiger partial charge in [-0.3, -0.25) is 4.98 Å². The van der Waals surface area contributed by atoms with Gasteiger partial charge in [0, 0.05) is 12.7 Å². The lowest BCUT2D eigenvalue weighted by Gasteiger charge is -1.98. The van der Waals surface area contributed by atoms with Crippen LogP contribution in [0.25, 0.3) is 11.5 Å². The van der Waals surface area contributed by atoms with Crippen molar-refractivity contribution >= 4 is 0 Å². The summed E-state index contributed by atoms with van der Waals surface area (Å²) in [5.41, 5.74) is 0.800. The average Bonchev–Trinajstić information content (AvgIpc) is 2.67. The number of tetrazole rings is 1. The quantitative estimate of drug-likeness (QED) is 0.676. The van der Waals surface area contributed by atoms with Gasteiger partial charge in [0.25, 0.3) is 0 Å². The molecule has 0 saturated heterocycles. The fourth-order valence-electron chi connectivity index (χ4n) is 1.10. The zero-order valence-corrected chi connectivity index (χ0v) is 7.25. The Morgan fingerprint density at radius 3 is 3.00 bits per heavy atom. The molecule has 0 aliphatic heterocycles. The van der Waals surface area contributed by atoms with E-state index in [9.17, 15) is 0 Å². The van der Waals surface area contributed by atoms with E-state index >= 15 is 0 Å². The van der Waals surface area contributed by atoms with Crippen LogP contribution < -0.4 is 0 Å². The Bertz CT molecular complexity index is 380. The third-order valence-electron chi connectivity index (χ3n) is 1.73. The van der Waals surface area contributed by atoms with E-state index in [4.69, 9.17) is 0 Å². The SMILES string of the molecule is CCn1nnnc1-c1ccccn1. The van der Waals surface area contributed by atoms with Gasteiger partial charge in [0.15, 0.2) is 0 Å². The van der Waals surface area contributed by atoms with Crippen molar-refractivity contribution in [2.45, 2.75) is 13.5 Å². The van der Waals surface area contributed by atoms with Crippen LogP contribution >= 0.6 is 0 Å². The third kappa shape index (κ3) is 1.40. The van der Waals surface area contributed by atoms with Gasteiger partial charge in [0.1, 0.15) is 5.69 Å². The first-order chi connectivity index (χ1) is 6.42. The minimum Gasteiger partial charge on any atom is -0.253 e. The molecule has 0 amide bonds. The predicted octanol–water partition coefficient (Wildman–Crippen LogP) is 0.755. The fraction of sp³-hybridized carbons (Fsp3) is 0.250. The summed E-state index contributed by atoms with van der Waals surface area (Å²) in [4.78, 5) is 4.17. The minimum atomic E-state index is 0.711. The highest BCUT2D eigenvalue weighted by Gasteiger charge is 2.06. The van der Waals surface area contributed by atoms with Gasteiger partial charge < -0.3 is 0 Å². The molecule has 2 heterocycles. The summed E-state index contributed by atoms with van der Waals surface area (Å²) >= 11 is 0. The van der Waals surface area contributed by atoms with Crippen molar-refractivity contribution in [3.05, 3.63) is 24.4 Å². The highest BCUT2D eigenvalue weighted by Crippen LogP contribution is 2.10. The molecule has 5 nitrogen and oxygen atoms in total. The highest BCUT2D eigenvalue weighted by atomic mass is 15.5. The Morgan fingerprint density at radius 2 is 2.31 bits per heavy atom. The Labute approximate surface area is 75.4 Å². The third-order valence-corrected chi connectivity index (χ3v) is 1.73. The summed E-state index contributed by atoms with van der Waals surface area (Å²) < 4.78 is 1.71. The van der Waals surface area contributed by atoms with E-state index in [0.717, 1.165) is 12.2 Å². The number of hydrogen-bond acceptors (Lipinski definition) is 4. The van der Waals surface area contributed by atoms with E-state index in [-0.39, 0.29) is 0 Å². The number of hydrogen-bond donors (Lipinski definition) is 0. The topological polar surface area (TPSA) is 56.5 Å². The molecule has 2 aromatic heterocycles. The van der Waals surface area contributed by atoms with Crippen LogP contribution in [0.5, 0.6) is 0 Å². The van der Waals surface area contributed by atoms with Gasteiger partial charge in [0.05, 0.1) is 0 Å². The molecule has 0 aliphatic rings. The first kappa shape index (κ1) is 7.85. The normalized spacial score (nSPS) is 10.2. The van der Waals surface area contributed by atoms with Gasteiger partial charge in [-0.2, -0.15) is 0 Å². The van der Waals surface area contributed by atoms with Crippen molar-refractivity contribution in [1.29, 1.82) is 0 Å². The molecule has 0 saturated carbocycles. The van der Waals surface area contributed by atoms with Gasteiger partial charge in [-0.15, -0.1) is 5.10 Å². The van der Waals surface area contributed by atoms with Crippen LogP contribution in [-0.2, 0) is 6.54 Å². The maximum Gasteiger partial charge on any atom is 0.200 e. The zero-order chi connectivity index (χ0) is 9.10. The van der Waals surface area contributed by atoms with Gasteiger partial charge >= 0.3 is 0 Å². The summed E-state index contributed by atoms with van der Waals surface area (Å²) in [6.07, 6.45) is 1.73. The number of rotatable bonds is 2. The summed E-state index contributed by atoms with van der Waals surface area (Å²) in [6, 6.07) is 5.67. The van der Waals surface area contributed by atoms with E-state index < -0.39 is 0 Å². The molecule has 5 heteroatoms. The van der Waals surface area contributed by atoms with E-state index in [2.05, 4.69) is 20.5 Å². The number of nitrogens with zero attached hydrogens (tertiary/aromatic N) is 5. The summed E-state index contributed by atoms with van der Waals surface area (Å²) in [6.45, 7) is 2.74. The summed E-state index contributed by atoms with van der Waals surface area (Å²) in [5, 5.41) is 11.3. The smallest absolute Gasteiger partial charge is 0.200 e. The molecule has 0 spiro atoms. The Kier molecular flexibility index (Phi) is 1.99. The van der Waals surface area contributed by atoms with Gasteiger partial charge in [0.2, 0.25) is 5.82 Å². The minimum absolute atomic E-state index is 0.711. The maximum absolute atomic E-state index is 4.17. The van der Waals surface area contributed by atoms with Crippen LogP contribution in [0.4, 0.5) is 0 Å². The van der Waals surface area contributed by atoms with Crippen LogP contribution in [0.2, 0.25) is 0 Å². The lowest BCUT2D eigenvalue weighted by molar-refractivity contribution is 0.630. The molecule has 2 rings (SSSR count). The molecule has 0 atom stereocenters. The van der Waals surface area contributed by atoms with E-state index in [0.29, 0.717) is 5.82 Å². The van der Waals surface area contributed by atoms with Gasteiger partial charge in [-0.1, -0.05) is 6.07 Å². The predicted molar refractivity (Wildman–Crippen MR) is 46.7 cm³/mol. The Balaban J connectivity index is 2.47. The van der Waals surface area contributed by atoms with Crippen LogP contribution in [0, 0.1) is 0 Å². The van der Waals surface area contributed by atoms with Crippen LogP contribution in [0.1, 0.15) is 6.92 Å². The van der Waals surface area contributed by atoms with Crippen LogP contribution in [0.3, 0.4) is 0 Å². The maximum atomic E-state index is 4.17. The first-order valence-corrected chi connectivity index (χ1v) is 4.09. The van der Waals surface area contributed by atoms with Gasteiger partial charge in [-0.25, -0.2) is 4.68 Å².